The van der Waals surface area contributed by atoms with E-state index in [9.17, 15) is 4.79 Å². The number of unbranched alkanes of at least 4 members (excludes halogenated alkanes) is 1. The topological polar surface area (TPSA) is 69.0 Å². The van der Waals surface area contributed by atoms with E-state index < -0.39 is 0 Å². The summed E-state index contributed by atoms with van der Waals surface area (Å²) < 4.78 is 7.62. The minimum atomic E-state index is -0.0690. The zero-order valence-corrected chi connectivity index (χ0v) is 19.4. The Labute approximate surface area is 188 Å². The molecule has 0 saturated heterocycles. The summed E-state index contributed by atoms with van der Waals surface area (Å²) in [5.74, 6) is 2.28. The standard InChI is InChI=1S/C24H30N4O2S/c1-5-6-15-30-21-13-9-19(10-14-21)23-26-27-24(28(23)4)31-16-22(29)25-20-11-7-18(8-12-20)17(2)3/h7-14,17H,5-6,15-16H2,1-4H3,(H,25,29). The molecule has 0 unspecified atom stereocenters. The normalized spacial score (nSPS) is 11.0. The maximum Gasteiger partial charge on any atom is 0.234 e. The van der Waals surface area contributed by atoms with Crippen LogP contribution in [0.1, 0.15) is 45.1 Å². The number of nitrogens with zero attached hydrogens (tertiary/aromatic N) is 3. The Morgan fingerprint density at radius 3 is 2.45 bits per heavy atom. The molecule has 0 aliphatic heterocycles. The number of benzene rings is 2. The van der Waals surface area contributed by atoms with E-state index in [0.717, 1.165) is 42.3 Å². The molecule has 1 heterocycles. The van der Waals surface area contributed by atoms with Crippen molar-refractivity contribution in [2.45, 2.75) is 44.7 Å². The van der Waals surface area contributed by atoms with Crippen LogP contribution in [0, 0.1) is 0 Å². The number of aromatic nitrogens is 3. The average Bonchev–Trinajstić information content (AvgIpc) is 3.13. The smallest absolute Gasteiger partial charge is 0.234 e. The molecular weight excluding hydrogens is 408 g/mol. The van der Waals surface area contributed by atoms with Gasteiger partial charge in [-0.25, -0.2) is 0 Å². The largest absolute Gasteiger partial charge is 0.494 e. The number of nitrogens with one attached hydrogen (secondary N) is 1. The Balaban J connectivity index is 1.55. The molecule has 0 aliphatic rings. The summed E-state index contributed by atoms with van der Waals surface area (Å²) in [6, 6.07) is 15.8. The first-order valence-corrected chi connectivity index (χ1v) is 11.6. The summed E-state index contributed by atoms with van der Waals surface area (Å²) >= 11 is 1.37. The van der Waals surface area contributed by atoms with Gasteiger partial charge in [-0.15, -0.1) is 10.2 Å². The van der Waals surface area contributed by atoms with Gasteiger partial charge >= 0.3 is 0 Å². The number of carbonyl (C=O) groups excluding carboxylic acids is 1. The van der Waals surface area contributed by atoms with Gasteiger partial charge in [-0.05, 0) is 54.3 Å². The second kappa shape index (κ2) is 11.0. The van der Waals surface area contributed by atoms with E-state index in [1.165, 1.54) is 17.3 Å². The van der Waals surface area contributed by atoms with E-state index in [1.807, 2.05) is 60.1 Å². The van der Waals surface area contributed by atoms with Crippen molar-refractivity contribution in [2.75, 3.05) is 17.7 Å². The first-order valence-electron chi connectivity index (χ1n) is 10.6. The van der Waals surface area contributed by atoms with Crippen molar-refractivity contribution in [3.63, 3.8) is 0 Å². The number of hydrogen-bond acceptors (Lipinski definition) is 5. The van der Waals surface area contributed by atoms with Crippen molar-refractivity contribution >= 4 is 23.4 Å². The molecule has 164 valence electrons. The molecule has 7 heteroatoms. The number of rotatable bonds is 10. The second-order valence-electron chi connectivity index (χ2n) is 7.71. The Morgan fingerprint density at radius 1 is 1.10 bits per heavy atom. The van der Waals surface area contributed by atoms with Crippen molar-refractivity contribution in [1.82, 2.24) is 14.8 Å². The minimum Gasteiger partial charge on any atom is -0.494 e. The van der Waals surface area contributed by atoms with Crippen LogP contribution in [0.3, 0.4) is 0 Å². The Bertz CT molecular complexity index is 982. The van der Waals surface area contributed by atoms with Gasteiger partial charge in [-0.1, -0.05) is 51.1 Å². The average molecular weight is 439 g/mol. The fraction of sp³-hybridized carbons (Fsp3) is 0.375. The van der Waals surface area contributed by atoms with Gasteiger partial charge in [0.1, 0.15) is 5.75 Å². The van der Waals surface area contributed by atoms with Crippen LogP contribution >= 0.6 is 11.8 Å². The SMILES string of the molecule is CCCCOc1ccc(-c2nnc(SCC(=O)Nc3ccc(C(C)C)cc3)n2C)cc1. The molecule has 3 aromatic rings. The molecule has 3 rings (SSSR count). The quantitative estimate of drug-likeness (QED) is 0.334. The van der Waals surface area contributed by atoms with Crippen LogP contribution in [0.5, 0.6) is 5.75 Å². The molecule has 0 fully saturated rings. The Hall–Kier alpha value is -2.80. The molecule has 0 spiro atoms. The molecule has 0 saturated carbocycles. The molecule has 31 heavy (non-hydrogen) atoms. The molecule has 0 radical (unpaired) electrons. The van der Waals surface area contributed by atoms with Crippen molar-refractivity contribution in [2.24, 2.45) is 7.05 Å². The lowest BCUT2D eigenvalue weighted by atomic mass is 10.0. The molecule has 2 aromatic carbocycles. The summed E-state index contributed by atoms with van der Waals surface area (Å²) in [5.41, 5.74) is 3.01. The third-order valence-electron chi connectivity index (χ3n) is 4.91. The van der Waals surface area contributed by atoms with Crippen LogP contribution < -0.4 is 10.1 Å². The fourth-order valence-electron chi connectivity index (χ4n) is 3.01. The molecule has 1 N–H and O–H groups in total. The number of carbonyl (C=O) groups is 1. The fourth-order valence-corrected chi connectivity index (χ4v) is 3.72. The zero-order valence-electron chi connectivity index (χ0n) is 18.6. The summed E-state index contributed by atoms with van der Waals surface area (Å²) in [5, 5.41) is 12.2. The Morgan fingerprint density at radius 2 is 1.81 bits per heavy atom. The summed E-state index contributed by atoms with van der Waals surface area (Å²) in [6.45, 7) is 7.17. The van der Waals surface area contributed by atoms with Crippen molar-refractivity contribution in [1.29, 1.82) is 0 Å². The minimum absolute atomic E-state index is 0.0690. The molecule has 0 atom stereocenters. The summed E-state index contributed by atoms with van der Waals surface area (Å²) in [7, 11) is 1.91. The third kappa shape index (κ3) is 6.34. The van der Waals surface area contributed by atoms with Crippen LogP contribution in [0.25, 0.3) is 11.4 Å². The number of ether oxygens (including phenoxy) is 1. The van der Waals surface area contributed by atoms with Gasteiger partial charge in [0, 0.05) is 18.3 Å². The number of anilines is 1. The van der Waals surface area contributed by atoms with Crippen molar-refractivity contribution in [3.05, 3.63) is 54.1 Å². The lowest BCUT2D eigenvalue weighted by Crippen LogP contribution is -2.14. The van der Waals surface area contributed by atoms with E-state index in [1.54, 1.807) is 0 Å². The lowest BCUT2D eigenvalue weighted by Gasteiger charge is -2.08. The van der Waals surface area contributed by atoms with Crippen LogP contribution in [-0.2, 0) is 11.8 Å². The van der Waals surface area contributed by atoms with Gasteiger partial charge in [-0.2, -0.15) is 0 Å². The number of thioether (sulfide) groups is 1. The maximum absolute atomic E-state index is 12.3. The van der Waals surface area contributed by atoms with E-state index in [2.05, 4.69) is 36.3 Å². The van der Waals surface area contributed by atoms with Gasteiger partial charge < -0.3 is 14.6 Å². The van der Waals surface area contributed by atoms with Crippen LogP contribution in [0.15, 0.2) is 53.7 Å². The third-order valence-corrected chi connectivity index (χ3v) is 5.93. The van der Waals surface area contributed by atoms with Crippen LogP contribution in [0.4, 0.5) is 5.69 Å². The van der Waals surface area contributed by atoms with Gasteiger partial charge in [0.2, 0.25) is 5.91 Å². The van der Waals surface area contributed by atoms with Gasteiger partial charge in [0.25, 0.3) is 0 Å². The summed E-state index contributed by atoms with van der Waals surface area (Å²) in [4.78, 5) is 12.3. The molecule has 0 bridgehead atoms. The van der Waals surface area contributed by atoms with E-state index in [0.29, 0.717) is 11.1 Å². The van der Waals surface area contributed by atoms with Crippen LogP contribution in [0.2, 0.25) is 0 Å². The second-order valence-corrected chi connectivity index (χ2v) is 8.65. The molecular formula is C24H30N4O2S. The number of hydrogen-bond donors (Lipinski definition) is 1. The maximum atomic E-state index is 12.3. The lowest BCUT2D eigenvalue weighted by molar-refractivity contribution is -0.113. The first-order chi connectivity index (χ1) is 15.0. The predicted octanol–water partition coefficient (Wildman–Crippen LogP) is 5.52. The highest BCUT2D eigenvalue weighted by molar-refractivity contribution is 7.99. The number of amides is 1. The van der Waals surface area contributed by atoms with E-state index in [-0.39, 0.29) is 11.7 Å². The molecule has 1 aromatic heterocycles. The van der Waals surface area contributed by atoms with E-state index in [4.69, 9.17) is 4.74 Å². The predicted molar refractivity (Wildman–Crippen MR) is 127 cm³/mol. The molecule has 1 amide bonds. The van der Waals surface area contributed by atoms with E-state index >= 15 is 0 Å². The first kappa shape index (κ1) is 22.9. The molecule has 6 nitrogen and oxygen atoms in total. The zero-order chi connectivity index (χ0) is 22.2. The van der Waals surface area contributed by atoms with Crippen molar-refractivity contribution < 1.29 is 9.53 Å². The monoisotopic (exact) mass is 438 g/mol. The highest BCUT2D eigenvalue weighted by Gasteiger charge is 2.13. The Kier molecular flexibility index (Phi) is 8.12. The van der Waals surface area contributed by atoms with Gasteiger partial charge in [-0.3, -0.25) is 4.79 Å². The highest BCUT2D eigenvalue weighted by Crippen LogP contribution is 2.25. The van der Waals surface area contributed by atoms with Crippen LogP contribution in [-0.4, -0.2) is 33.0 Å². The van der Waals surface area contributed by atoms with Crippen molar-refractivity contribution in [3.8, 4) is 17.1 Å². The van der Waals surface area contributed by atoms with Gasteiger partial charge in [0.05, 0.1) is 12.4 Å². The highest BCUT2D eigenvalue weighted by atomic mass is 32.2. The molecule has 0 aliphatic carbocycles. The van der Waals surface area contributed by atoms with Gasteiger partial charge in [0.15, 0.2) is 11.0 Å². The summed E-state index contributed by atoms with van der Waals surface area (Å²) in [6.07, 6.45) is 2.16.